The average molecular weight is 344 g/mol. The molecule has 1 aliphatic heterocycles. The first kappa shape index (κ1) is 16.5. The first-order chi connectivity index (χ1) is 11.5. The molecule has 2 aromatic rings. The van der Waals surface area contributed by atoms with E-state index in [1.54, 1.807) is 17.0 Å². The second-order valence-corrected chi connectivity index (χ2v) is 6.44. The van der Waals surface area contributed by atoms with Gasteiger partial charge in [-0.15, -0.1) is 0 Å². The number of hydrogen-bond donors (Lipinski definition) is 1. The number of amides is 1. The molecule has 24 heavy (non-hydrogen) atoms. The molecule has 5 heteroatoms. The maximum atomic E-state index is 12.6. The molecule has 1 fully saturated rings. The van der Waals surface area contributed by atoms with Crippen LogP contribution in [0, 0.1) is 0 Å². The van der Waals surface area contributed by atoms with Crippen molar-refractivity contribution in [2.75, 3.05) is 13.1 Å². The van der Waals surface area contributed by atoms with Gasteiger partial charge in [-0.05, 0) is 54.7 Å². The lowest BCUT2D eigenvalue weighted by Gasteiger charge is -2.32. The Morgan fingerprint density at radius 3 is 2.25 bits per heavy atom. The molecule has 0 aliphatic carbocycles. The monoisotopic (exact) mass is 343 g/mol. The van der Waals surface area contributed by atoms with E-state index in [1.165, 1.54) is 17.7 Å². The van der Waals surface area contributed by atoms with Crippen LogP contribution in [-0.4, -0.2) is 35.0 Å². The first-order valence-corrected chi connectivity index (χ1v) is 8.30. The summed E-state index contributed by atoms with van der Waals surface area (Å²) in [5.41, 5.74) is 1.82. The van der Waals surface area contributed by atoms with Gasteiger partial charge in [-0.3, -0.25) is 4.79 Å². The fourth-order valence-electron chi connectivity index (χ4n) is 3.12. The average Bonchev–Trinajstić information content (AvgIpc) is 2.62. The van der Waals surface area contributed by atoms with E-state index >= 15 is 0 Å². The zero-order valence-electron chi connectivity index (χ0n) is 13.1. The fraction of sp³-hybridized carbons (Fsp3) is 0.263. The Morgan fingerprint density at radius 1 is 1.00 bits per heavy atom. The zero-order chi connectivity index (χ0) is 17.1. The number of carboxylic acids is 1. The third-order valence-corrected chi connectivity index (χ3v) is 4.73. The van der Waals surface area contributed by atoms with Crippen LogP contribution in [0.15, 0.2) is 48.5 Å². The number of likely N-dealkylation sites (tertiary alicyclic amines) is 1. The van der Waals surface area contributed by atoms with Gasteiger partial charge >= 0.3 is 5.97 Å². The summed E-state index contributed by atoms with van der Waals surface area (Å²) in [6.45, 7) is 1.34. The number of halogens is 1. The lowest BCUT2D eigenvalue weighted by molar-refractivity contribution is 0.0697. The zero-order valence-corrected chi connectivity index (χ0v) is 13.9. The standard InChI is InChI=1S/C19H18ClNO3/c20-17-6-4-13(5-7-17)14-8-10-21(11-9-14)18(22)15-2-1-3-16(12-15)19(23)24/h1-7,12,14H,8-11H2,(H,23,24). The van der Waals surface area contributed by atoms with Crippen LogP contribution in [0.3, 0.4) is 0 Å². The van der Waals surface area contributed by atoms with E-state index in [2.05, 4.69) is 0 Å². The van der Waals surface area contributed by atoms with Gasteiger partial charge in [0.2, 0.25) is 0 Å². The van der Waals surface area contributed by atoms with E-state index in [-0.39, 0.29) is 11.5 Å². The molecule has 1 amide bonds. The molecule has 124 valence electrons. The van der Waals surface area contributed by atoms with Gasteiger partial charge in [0, 0.05) is 23.7 Å². The summed E-state index contributed by atoms with van der Waals surface area (Å²) in [7, 11) is 0. The lowest BCUT2D eigenvalue weighted by Crippen LogP contribution is -2.38. The Hall–Kier alpha value is -2.33. The van der Waals surface area contributed by atoms with E-state index in [0.717, 1.165) is 17.9 Å². The highest BCUT2D eigenvalue weighted by Gasteiger charge is 2.24. The van der Waals surface area contributed by atoms with Gasteiger partial charge in [-0.25, -0.2) is 4.79 Å². The van der Waals surface area contributed by atoms with Crippen LogP contribution in [0.1, 0.15) is 45.0 Å². The van der Waals surface area contributed by atoms with Crippen LogP contribution in [-0.2, 0) is 0 Å². The third-order valence-electron chi connectivity index (χ3n) is 4.48. The van der Waals surface area contributed by atoms with Gasteiger partial charge in [0.25, 0.3) is 5.91 Å². The molecular formula is C19H18ClNO3. The molecule has 4 nitrogen and oxygen atoms in total. The Bertz CT molecular complexity index is 749. The number of carbonyl (C=O) groups excluding carboxylic acids is 1. The van der Waals surface area contributed by atoms with Gasteiger partial charge in [-0.1, -0.05) is 29.8 Å². The summed E-state index contributed by atoms with van der Waals surface area (Å²) in [4.78, 5) is 25.4. The van der Waals surface area contributed by atoms with Gasteiger partial charge in [0.1, 0.15) is 0 Å². The normalized spacial score (nSPS) is 15.3. The highest BCUT2D eigenvalue weighted by atomic mass is 35.5. The third kappa shape index (κ3) is 3.60. The van der Waals surface area contributed by atoms with E-state index < -0.39 is 5.97 Å². The largest absolute Gasteiger partial charge is 0.478 e. The minimum Gasteiger partial charge on any atom is -0.478 e. The van der Waals surface area contributed by atoms with Crippen molar-refractivity contribution in [1.82, 2.24) is 4.90 Å². The topological polar surface area (TPSA) is 57.6 Å². The van der Waals surface area contributed by atoms with Crippen LogP contribution in [0.5, 0.6) is 0 Å². The minimum absolute atomic E-state index is 0.104. The summed E-state index contributed by atoms with van der Waals surface area (Å²) in [5, 5.41) is 9.77. The maximum Gasteiger partial charge on any atom is 0.335 e. The molecule has 0 saturated carbocycles. The summed E-state index contributed by atoms with van der Waals surface area (Å²) in [6.07, 6.45) is 1.79. The molecule has 3 rings (SSSR count). The molecule has 1 heterocycles. The minimum atomic E-state index is -1.02. The highest BCUT2D eigenvalue weighted by Crippen LogP contribution is 2.29. The summed E-state index contributed by atoms with van der Waals surface area (Å²) < 4.78 is 0. The van der Waals surface area contributed by atoms with Crippen molar-refractivity contribution in [2.45, 2.75) is 18.8 Å². The number of rotatable bonds is 3. The quantitative estimate of drug-likeness (QED) is 0.914. The van der Waals surface area contributed by atoms with E-state index in [0.29, 0.717) is 24.6 Å². The number of benzene rings is 2. The van der Waals surface area contributed by atoms with Crippen LogP contribution in [0.25, 0.3) is 0 Å². The SMILES string of the molecule is O=C(O)c1cccc(C(=O)N2CCC(c3ccc(Cl)cc3)CC2)c1. The molecule has 0 atom stereocenters. The number of nitrogens with zero attached hydrogens (tertiary/aromatic N) is 1. The fourth-order valence-corrected chi connectivity index (χ4v) is 3.24. The van der Waals surface area contributed by atoms with Crippen molar-refractivity contribution >= 4 is 23.5 Å². The predicted octanol–water partition coefficient (Wildman–Crippen LogP) is 4.06. The Morgan fingerprint density at radius 2 is 1.62 bits per heavy atom. The smallest absolute Gasteiger partial charge is 0.335 e. The molecule has 1 N–H and O–H groups in total. The molecule has 0 aromatic heterocycles. The molecule has 1 saturated heterocycles. The maximum absolute atomic E-state index is 12.6. The van der Waals surface area contributed by atoms with Crippen molar-refractivity contribution in [3.63, 3.8) is 0 Å². The summed E-state index contributed by atoms with van der Waals surface area (Å²) in [6, 6.07) is 14.1. The number of carboxylic acid groups (broad SMARTS) is 1. The Balaban J connectivity index is 1.66. The molecule has 2 aromatic carbocycles. The molecular weight excluding hydrogens is 326 g/mol. The van der Waals surface area contributed by atoms with Crippen molar-refractivity contribution in [2.24, 2.45) is 0 Å². The van der Waals surface area contributed by atoms with E-state index in [4.69, 9.17) is 16.7 Å². The Kier molecular flexibility index (Phi) is 4.86. The van der Waals surface area contributed by atoms with Gasteiger partial charge in [0.05, 0.1) is 5.56 Å². The van der Waals surface area contributed by atoms with Crippen LogP contribution < -0.4 is 0 Å². The van der Waals surface area contributed by atoms with E-state index in [9.17, 15) is 9.59 Å². The Labute approximate surface area is 145 Å². The van der Waals surface area contributed by atoms with Crippen molar-refractivity contribution in [3.05, 3.63) is 70.2 Å². The van der Waals surface area contributed by atoms with Crippen molar-refractivity contribution < 1.29 is 14.7 Å². The summed E-state index contributed by atoms with van der Waals surface area (Å²) >= 11 is 5.92. The van der Waals surface area contributed by atoms with Crippen LogP contribution >= 0.6 is 11.6 Å². The number of carbonyl (C=O) groups is 2. The summed E-state index contributed by atoms with van der Waals surface area (Å²) in [5.74, 6) is -0.699. The molecule has 1 aliphatic rings. The predicted molar refractivity (Wildman–Crippen MR) is 92.7 cm³/mol. The van der Waals surface area contributed by atoms with E-state index in [1.807, 2.05) is 24.3 Å². The molecule has 0 unspecified atom stereocenters. The lowest BCUT2D eigenvalue weighted by atomic mass is 9.89. The molecule has 0 bridgehead atoms. The number of hydrogen-bond acceptors (Lipinski definition) is 2. The highest BCUT2D eigenvalue weighted by molar-refractivity contribution is 6.30. The second-order valence-electron chi connectivity index (χ2n) is 6.00. The second kappa shape index (κ2) is 7.05. The number of aromatic carboxylic acids is 1. The van der Waals surface area contributed by atoms with Crippen LogP contribution in [0.2, 0.25) is 5.02 Å². The first-order valence-electron chi connectivity index (χ1n) is 7.92. The van der Waals surface area contributed by atoms with Gasteiger partial charge < -0.3 is 10.0 Å². The van der Waals surface area contributed by atoms with Gasteiger partial charge in [-0.2, -0.15) is 0 Å². The molecule has 0 spiro atoms. The van der Waals surface area contributed by atoms with Gasteiger partial charge in [0.15, 0.2) is 0 Å². The van der Waals surface area contributed by atoms with Crippen LogP contribution in [0.4, 0.5) is 0 Å². The van der Waals surface area contributed by atoms with Crippen molar-refractivity contribution in [1.29, 1.82) is 0 Å². The molecule has 0 radical (unpaired) electrons. The number of piperidine rings is 1. The van der Waals surface area contributed by atoms with Crippen molar-refractivity contribution in [3.8, 4) is 0 Å².